The van der Waals surface area contributed by atoms with Gasteiger partial charge in [0.15, 0.2) is 5.82 Å². The van der Waals surface area contributed by atoms with Gasteiger partial charge in [0, 0.05) is 55.8 Å². The quantitative estimate of drug-likeness (QED) is 0.172. The van der Waals surface area contributed by atoms with Crippen LogP contribution in [0.3, 0.4) is 0 Å². The van der Waals surface area contributed by atoms with E-state index in [0.717, 1.165) is 78.2 Å². The van der Waals surface area contributed by atoms with Crippen molar-refractivity contribution in [1.82, 2.24) is 24.1 Å². The van der Waals surface area contributed by atoms with Crippen molar-refractivity contribution in [2.45, 2.75) is 0 Å². The topological polar surface area (TPSA) is 48.5 Å². The minimum absolute atomic E-state index is 0.695. The van der Waals surface area contributed by atoms with Crippen LogP contribution in [-0.4, -0.2) is 24.1 Å². The molecule has 0 aliphatic heterocycles. The van der Waals surface area contributed by atoms with Crippen LogP contribution in [0.15, 0.2) is 200 Å². The third kappa shape index (κ3) is 5.29. The highest BCUT2D eigenvalue weighted by molar-refractivity contribution is 6.12. The molecule has 0 fully saturated rings. The summed E-state index contributed by atoms with van der Waals surface area (Å²) in [6.45, 7) is 0. The molecule has 0 aliphatic carbocycles. The highest BCUT2D eigenvalue weighted by Gasteiger charge is 2.17. The number of benzene rings is 7. The highest BCUT2D eigenvalue weighted by Crippen LogP contribution is 2.38. The van der Waals surface area contributed by atoms with Gasteiger partial charge in [0.05, 0.1) is 27.9 Å². The Morgan fingerprint density at radius 3 is 1.61 bits per heavy atom. The van der Waals surface area contributed by atoms with Crippen molar-refractivity contribution in [3.63, 3.8) is 0 Å². The van der Waals surface area contributed by atoms with Gasteiger partial charge in [-0.25, -0.2) is 15.0 Å². The second-order valence-corrected chi connectivity index (χ2v) is 14.1. The molecule has 0 amide bonds. The molecule has 0 radical (unpaired) electrons. The van der Waals surface area contributed by atoms with E-state index in [-0.39, 0.29) is 0 Å². The summed E-state index contributed by atoms with van der Waals surface area (Å²) in [5.74, 6) is 0.695. The van der Waals surface area contributed by atoms with E-state index in [2.05, 4.69) is 155 Å². The molecule has 7 aromatic carbocycles. The molecule has 0 bridgehead atoms. The Labute approximate surface area is 323 Å². The number of para-hydroxylation sites is 2. The molecule has 0 N–H and O–H groups in total. The maximum absolute atomic E-state index is 5.07. The molecule has 0 saturated carbocycles. The SMILES string of the molecule is c1ccc(-c2cc(-c3ccccc3)nc(-c3ccc(-n4c5ccccc5c5ccc(-c6ccc7c(c6)c6cccnc6n7-c6ccccc6)cc54)cc3)n2)cc1. The summed E-state index contributed by atoms with van der Waals surface area (Å²) in [6.07, 6.45) is 1.87. The van der Waals surface area contributed by atoms with E-state index in [0.29, 0.717) is 5.82 Å². The first kappa shape index (κ1) is 31.9. The van der Waals surface area contributed by atoms with Crippen LogP contribution >= 0.6 is 0 Å². The summed E-state index contributed by atoms with van der Waals surface area (Å²) >= 11 is 0. The van der Waals surface area contributed by atoms with E-state index in [9.17, 15) is 0 Å². The van der Waals surface area contributed by atoms with Crippen LogP contribution in [0.2, 0.25) is 0 Å². The monoisotopic (exact) mass is 715 g/mol. The summed E-state index contributed by atoms with van der Waals surface area (Å²) in [7, 11) is 0. The van der Waals surface area contributed by atoms with Crippen LogP contribution in [0.25, 0.3) is 100 Å². The molecule has 262 valence electrons. The van der Waals surface area contributed by atoms with E-state index >= 15 is 0 Å². The molecule has 0 atom stereocenters. The number of hydrogen-bond acceptors (Lipinski definition) is 3. The molecule has 0 aliphatic rings. The fraction of sp³-hybridized carbons (Fsp3) is 0. The third-order valence-corrected chi connectivity index (χ3v) is 10.8. The minimum Gasteiger partial charge on any atom is -0.309 e. The Morgan fingerprint density at radius 2 is 0.875 bits per heavy atom. The number of hydrogen-bond donors (Lipinski definition) is 0. The average molecular weight is 716 g/mol. The molecule has 11 rings (SSSR count). The van der Waals surface area contributed by atoms with Crippen molar-refractivity contribution < 1.29 is 0 Å². The van der Waals surface area contributed by atoms with Crippen molar-refractivity contribution in [3.8, 4) is 56.4 Å². The van der Waals surface area contributed by atoms with Crippen LogP contribution in [0, 0.1) is 0 Å². The predicted octanol–water partition coefficient (Wildman–Crippen LogP) is 12.7. The van der Waals surface area contributed by atoms with E-state index in [1.807, 2.05) is 54.7 Å². The summed E-state index contributed by atoms with van der Waals surface area (Å²) in [5.41, 5.74) is 13.8. The van der Waals surface area contributed by atoms with Gasteiger partial charge in [-0.3, -0.25) is 4.57 Å². The predicted molar refractivity (Wildman–Crippen MR) is 230 cm³/mol. The van der Waals surface area contributed by atoms with Gasteiger partial charge >= 0.3 is 0 Å². The van der Waals surface area contributed by atoms with Gasteiger partial charge in [0.2, 0.25) is 0 Å². The zero-order valence-corrected chi connectivity index (χ0v) is 30.3. The average Bonchev–Trinajstić information content (AvgIpc) is 3.79. The van der Waals surface area contributed by atoms with Crippen molar-refractivity contribution in [1.29, 1.82) is 0 Å². The number of fused-ring (bicyclic) bond motifs is 6. The lowest BCUT2D eigenvalue weighted by atomic mass is 10.0. The highest BCUT2D eigenvalue weighted by atomic mass is 15.0. The first-order valence-electron chi connectivity index (χ1n) is 18.9. The zero-order chi connectivity index (χ0) is 37.0. The van der Waals surface area contributed by atoms with Gasteiger partial charge < -0.3 is 4.57 Å². The van der Waals surface area contributed by atoms with Crippen molar-refractivity contribution >= 4 is 43.7 Å². The number of rotatable bonds is 6. The summed E-state index contributed by atoms with van der Waals surface area (Å²) in [4.78, 5) is 15.0. The molecule has 4 heterocycles. The second kappa shape index (κ2) is 13.0. The smallest absolute Gasteiger partial charge is 0.160 e. The first-order chi connectivity index (χ1) is 27.8. The molecule has 0 spiro atoms. The first-order valence-corrected chi connectivity index (χ1v) is 18.9. The normalized spacial score (nSPS) is 11.6. The minimum atomic E-state index is 0.695. The van der Waals surface area contributed by atoms with Gasteiger partial charge in [-0.1, -0.05) is 115 Å². The lowest BCUT2D eigenvalue weighted by Gasteiger charge is -2.12. The molecule has 5 nitrogen and oxygen atoms in total. The van der Waals surface area contributed by atoms with Gasteiger partial charge in [0.1, 0.15) is 5.65 Å². The van der Waals surface area contributed by atoms with Crippen LogP contribution in [0.5, 0.6) is 0 Å². The van der Waals surface area contributed by atoms with Gasteiger partial charge in [-0.15, -0.1) is 0 Å². The van der Waals surface area contributed by atoms with Crippen molar-refractivity contribution in [2.24, 2.45) is 0 Å². The Balaban J connectivity index is 1.03. The molecular weight excluding hydrogens is 683 g/mol. The van der Waals surface area contributed by atoms with Crippen molar-refractivity contribution in [2.75, 3.05) is 0 Å². The number of aromatic nitrogens is 5. The summed E-state index contributed by atoms with van der Waals surface area (Å²) in [5, 5.41) is 4.75. The van der Waals surface area contributed by atoms with Gasteiger partial charge in [-0.05, 0) is 90.0 Å². The maximum atomic E-state index is 5.07. The lowest BCUT2D eigenvalue weighted by Crippen LogP contribution is -1.97. The maximum Gasteiger partial charge on any atom is 0.160 e. The number of nitrogens with zero attached hydrogens (tertiary/aromatic N) is 5. The molecule has 5 heteroatoms. The van der Waals surface area contributed by atoms with E-state index in [1.165, 1.54) is 16.2 Å². The Kier molecular flexibility index (Phi) is 7.42. The standard InChI is InChI=1S/C51H33N5/c1-4-13-34(14-5-1)45-33-46(35-15-6-2-7-16-35)54-50(53-45)36-22-26-40(27-23-36)55-47-21-11-10-19-41(47)42-28-24-38(32-49(42)55)37-25-29-48-44(31-37)43-20-12-30-52-51(43)56(48)39-17-8-3-9-18-39/h1-33H. The molecule has 4 aromatic heterocycles. The van der Waals surface area contributed by atoms with E-state index in [1.54, 1.807) is 0 Å². The molecule has 0 unspecified atom stereocenters. The Morgan fingerprint density at radius 1 is 0.321 bits per heavy atom. The van der Waals surface area contributed by atoms with Crippen LogP contribution in [0.1, 0.15) is 0 Å². The van der Waals surface area contributed by atoms with Gasteiger partial charge in [-0.2, -0.15) is 0 Å². The van der Waals surface area contributed by atoms with E-state index in [4.69, 9.17) is 15.0 Å². The molecular formula is C51H33N5. The number of pyridine rings is 1. The van der Waals surface area contributed by atoms with Crippen LogP contribution < -0.4 is 0 Å². The van der Waals surface area contributed by atoms with Gasteiger partial charge in [0.25, 0.3) is 0 Å². The van der Waals surface area contributed by atoms with Crippen molar-refractivity contribution in [3.05, 3.63) is 200 Å². The molecule has 0 saturated heterocycles. The van der Waals surface area contributed by atoms with Crippen LogP contribution in [0.4, 0.5) is 0 Å². The summed E-state index contributed by atoms with van der Waals surface area (Å²) in [6, 6.07) is 68.3. The largest absolute Gasteiger partial charge is 0.309 e. The van der Waals surface area contributed by atoms with E-state index < -0.39 is 0 Å². The molecule has 56 heavy (non-hydrogen) atoms. The second-order valence-electron chi connectivity index (χ2n) is 14.1. The molecule has 11 aromatic rings. The third-order valence-electron chi connectivity index (χ3n) is 10.8. The lowest BCUT2D eigenvalue weighted by molar-refractivity contribution is 1.14. The van der Waals surface area contributed by atoms with Crippen LogP contribution in [-0.2, 0) is 0 Å². The fourth-order valence-electron chi connectivity index (χ4n) is 8.14. The Hall–Kier alpha value is -7.63. The fourth-order valence-corrected chi connectivity index (χ4v) is 8.14. The zero-order valence-electron chi connectivity index (χ0n) is 30.3. The Bertz CT molecular complexity index is 3160. The summed E-state index contributed by atoms with van der Waals surface area (Å²) < 4.78 is 4.63.